The molecule has 4 rings (SSSR count). The molecule has 1 aliphatic heterocycles. The lowest BCUT2D eigenvalue weighted by Crippen LogP contribution is -2.39. The van der Waals surface area contributed by atoms with Crippen molar-refractivity contribution in [3.05, 3.63) is 95.1 Å². The number of carbonyl (C=O) groups excluding carboxylic acids is 3. The lowest BCUT2D eigenvalue weighted by atomic mass is 10.1. The summed E-state index contributed by atoms with van der Waals surface area (Å²) < 4.78 is 5.77. The van der Waals surface area contributed by atoms with Crippen LogP contribution in [0.25, 0.3) is 0 Å². The molecule has 3 aromatic rings. The van der Waals surface area contributed by atoms with Gasteiger partial charge in [0.15, 0.2) is 0 Å². The van der Waals surface area contributed by atoms with Crippen LogP contribution in [-0.4, -0.2) is 35.2 Å². The number of ether oxygens (including phenoxy) is 1. The zero-order valence-electron chi connectivity index (χ0n) is 19.3. The van der Waals surface area contributed by atoms with E-state index < -0.39 is 5.91 Å². The predicted octanol–water partition coefficient (Wildman–Crippen LogP) is 3.07. The molecule has 8 heteroatoms. The average Bonchev–Trinajstić information content (AvgIpc) is 3.32. The van der Waals surface area contributed by atoms with E-state index in [2.05, 4.69) is 10.2 Å². The van der Waals surface area contributed by atoms with E-state index >= 15 is 0 Å². The van der Waals surface area contributed by atoms with Gasteiger partial charge in [0.1, 0.15) is 12.4 Å². The van der Waals surface area contributed by atoms with Crippen LogP contribution in [0.2, 0.25) is 0 Å². The molecule has 3 aromatic carbocycles. The summed E-state index contributed by atoms with van der Waals surface area (Å²) in [5.74, 6) is -0.722. The lowest BCUT2D eigenvalue weighted by molar-refractivity contribution is -0.122. The fourth-order valence-corrected chi connectivity index (χ4v) is 4.28. The SMILES string of the molecule is NC(=O)c1ccccc1OCc1cccc(C(=O)Nc2cccc(CN3CCCC3C(N)=O)c2)c1. The van der Waals surface area contributed by atoms with Crippen LogP contribution in [-0.2, 0) is 17.9 Å². The number of hydrogen-bond acceptors (Lipinski definition) is 5. The Kier molecular flexibility index (Phi) is 7.42. The molecule has 0 saturated carbocycles. The lowest BCUT2D eigenvalue weighted by Gasteiger charge is -2.22. The van der Waals surface area contributed by atoms with Crippen molar-refractivity contribution in [1.29, 1.82) is 0 Å². The third-order valence-corrected chi connectivity index (χ3v) is 6.00. The van der Waals surface area contributed by atoms with Crippen LogP contribution in [0, 0.1) is 0 Å². The maximum atomic E-state index is 12.9. The summed E-state index contributed by atoms with van der Waals surface area (Å²) in [6.45, 7) is 1.59. The summed E-state index contributed by atoms with van der Waals surface area (Å²) in [6, 6.07) is 21.2. The molecular weight excluding hydrogens is 444 g/mol. The number of rotatable bonds is 9. The minimum atomic E-state index is -0.564. The van der Waals surface area contributed by atoms with Crippen molar-refractivity contribution >= 4 is 23.4 Å². The van der Waals surface area contributed by atoms with Crippen LogP contribution in [0.1, 0.15) is 44.7 Å². The average molecular weight is 473 g/mol. The Morgan fingerprint density at radius 1 is 0.943 bits per heavy atom. The second-order valence-electron chi connectivity index (χ2n) is 8.53. The molecule has 1 atom stereocenters. The molecular formula is C27H28N4O4. The number of amides is 3. The molecule has 3 amide bonds. The number of hydrogen-bond donors (Lipinski definition) is 3. The fraction of sp³-hybridized carbons (Fsp3) is 0.222. The number of nitrogens with two attached hydrogens (primary N) is 2. The summed E-state index contributed by atoms with van der Waals surface area (Å²) in [5, 5.41) is 2.93. The Hall–Kier alpha value is -4.17. The molecule has 1 aliphatic rings. The summed E-state index contributed by atoms with van der Waals surface area (Å²) in [6.07, 6.45) is 1.72. The third kappa shape index (κ3) is 6.04. The minimum absolute atomic E-state index is 0.178. The molecule has 0 aliphatic carbocycles. The van der Waals surface area contributed by atoms with E-state index in [1.165, 1.54) is 0 Å². The normalized spacial score (nSPS) is 15.5. The van der Waals surface area contributed by atoms with Gasteiger partial charge in [0.05, 0.1) is 11.6 Å². The van der Waals surface area contributed by atoms with Gasteiger partial charge in [0.2, 0.25) is 5.91 Å². The van der Waals surface area contributed by atoms with Gasteiger partial charge in [0.25, 0.3) is 11.8 Å². The first-order valence-electron chi connectivity index (χ1n) is 11.4. The van der Waals surface area contributed by atoms with E-state index in [-0.39, 0.29) is 24.5 Å². The topological polar surface area (TPSA) is 128 Å². The molecule has 1 saturated heterocycles. The number of para-hydroxylation sites is 1. The maximum Gasteiger partial charge on any atom is 0.255 e. The first kappa shape index (κ1) is 24.0. The van der Waals surface area contributed by atoms with Crippen molar-refractivity contribution in [1.82, 2.24) is 4.90 Å². The molecule has 1 heterocycles. The molecule has 35 heavy (non-hydrogen) atoms. The van der Waals surface area contributed by atoms with Gasteiger partial charge in [-0.15, -0.1) is 0 Å². The van der Waals surface area contributed by atoms with E-state index in [4.69, 9.17) is 16.2 Å². The number of benzene rings is 3. The smallest absolute Gasteiger partial charge is 0.255 e. The van der Waals surface area contributed by atoms with Crippen LogP contribution in [0.15, 0.2) is 72.8 Å². The quantitative estimate of drug-likeness (QED) is 0.441. The molecule has 8 nitrogen and oxygen atoms in total. The monoisotopic (exact) mass is 472 g/mol. The Morgan fingerprint density at radius 3 is 2.51 bits per heavy atom. The largest absolute Gasteiger partial charge is 0.488 e. The van der Waals surface area contributed by atoms with Gasteiger partial charge in [0, 0.05) is 17.8 Å². The molecule has 180 valence electrons. The van der Waals surface area contributed by atoms with E-state index in [0.717, 1.165) is 30.5 Å². The summed E-state index contributed by atoms with van der Waals surface area (Å²) in [7, 11) is 0. The highest BCUT2D eigenvalue weighted by Crippen LogP contribution is 2.22. The van der Waals surface area contributed by atoms with Crippen molar-refractivity contribution in [2.75, 3.05) is 11.9 Å². The standard InChI is InChI=1S/C27H28N4O4/c28-25(32)22-10-1-2-12-24(22)35-17-19-7-3-8-20(14-19)27(34)30-21-9-4-6-18(15-21)16-31-13-5-11-23(31)26(29)33/h1-4,6-10,12,14-15,23H,5,11,13,16-17H2,(H2,28,32)(H2,29,33)(H,30,34). The van der Waals surface area contributed by atoms with Crippen LogP contribution >= 0.6 is 0 Å². The van der Waals surface area contributed by atoms with Crippen molar-refractivity contribution < 1.29 is 19.1 Å². The molecule has 0 radical (unpaired) electrons. The number of primary amides is 2. The number of carbonyl (C=O) groups is 3. The van der Waals surface area contributed by atoms with Crippen LogP contribution in [0.3, 0.4) is 0 Å². The van der Waals surface area contributed by atoms with E-state index in [0.29, 0.717) is 29.1 Å². The zero-order chi connectivity index (χ0) is 24.8. The van der Waals surface area contributed by atoms with E-state index in [1.54, 1.807) is 42.5 Å². The Balaban J connectivity index is 1.40. The van der Waals surface area contributed by atoms with E-state index in [1.807, 2.05) is 30.3 Å². The predicted molar refractivity (Wildman–Crippen MR) is 133 cm³/mol. The molecule has 0 bridgehead atoms. The minimum Gasteiger partial charge on any atom is -0.488 e. The van der Waals surface area contributed by atoms with Gasteiger partial charge in [-0.05, 0) is 66.9 Å². The number of nitrogens with one attached hydrogen (secondary N) is 1. The summed E-state index contributed by atoms with van der Waals surface area (Å²) in [5.41, 5.74) is 14.1. The van der Waals surface area contributed by atoms with Gasteiger partial charge < -0.3 is 21.5 Å². The molecule has 0 spiro atoms. The van der Waals surface area contributed by atoms with Gasteiger partial charge in [-0.25, -0.2) is 0 Å². The van der Waals surface area contributed by atoms with Gasteiger partial charge in [-0.3, -0.25) is 19.3 Å². The van der Waals surface area contributed by atoms with E-state index in [9.17, 15) is 14.4 Å². The zero-order valence-corrected chi connectivity index (χ0v) is 19.3. The number of likely N-dealkylation sites (tertiary alicyclic amines) is 1. The van der Waals surface area contributed by atoms with Crippen LogP contribution < -0.4 is 21.5 Å². The van der Waals surface area contributed by atoms with Crippen molar-refractivity contribution in [2.24, 2.45) is 11.5 Å². The van der Waals surface area contributed by atoms with Crippen molar-refractivity contribution in [3.63, 3.8) is 0 Å². The Morgan fingerprint density at radius 2 is 1.71 bits per heavy atom. The van der Waals surface area contributed by atoms with Gasteiger partial charge >= 0.3 is 0 Å². The summed E-state index contributed by atoms with van der Waals surface area (Å²) >= 11 is 0. The highest BCUT2D eigenvalue weighted by atomic mass is 16.5. The second-order valence-corrected chi connectivity index (χ2v) is 8.53. The number of nitrogens with zero attached hydrogens (tertiary/aromatic N) is 1. The van der Waals surface area contributed by atoms with Crippen LogP contribution in [0.5, 0.6) is 5.75 Å². The third-order valence-electron chi connectivity index (χ3n) is 6.00. The molecule has 1 unspecified atom stereocenters. The highest BCUT2D eigenvalue weighted by molar-refractivity contribution is 6.04. The Labute approximate surface area is 203 Å². The fourth-order valence-electron chi connectivity index (χ4n) is 4.28. The highest BCUT2D eigenvalue weighted by Gasteiger charge is 2.28. The first-order chi connectivity index (χ1) is 16.9. The van der Waals surface area contributed by atoms with Crippen LogP contribution in [0.4, 0.5) is 5.69 Å². The number of anilines is 1. The first-order valence-corrected chi connectivity index (χ1v) is 11.4. The van der Waals surface area contributed by atoms with Gasteiger partial charge in [-0.1, -0.05) is 36.4 Å². The van der Waals surface area contributed by atoms with Gasteiger partial charge in [-0.2, -0.15) is 0 Å². The molecule has 0 aromatic heterocycles. The maximum absolute atomic E-state index is 12.9. The summed E-state index contributed by atoms with van der Waals surface area (Å²) in [4.78, 5) is 38.2. The van der Waals surface area contributed by atoms with Crippen molar-refractivity contribution in [3.8, 4) is 5.75 Å². The molecule has 5 N–H and O–H groups in total. The Bertz CT molecular complexity index is 1240. The van der Waals surface area contributed by atoms with Crippen molar-refractivity contribution in [2.45, 2.75) is 32.0 Å². The second kappa shape index (κ2) is 10.8. The molecule has 1 fully saturated rings.